The Labute approximate surface area is 137 Å². The summed E-state index contributed by atoms with van der Waals surface area (Å²) in [5.41, 5.74) is 0.889. The van der Waals surface area contributed by atoms with Gasteiger partial charge in [0.15, 0.2) is 0 Å². The second-order valence-electron chi connectivity index (χ2n) is 4.56. The fourth-order valence-electron chi connectivity index (χ4n) is 1.89. The van der Waals surface area contributed by atoms with Crippen molar-refractivity contribution >= 4 is 26.5 Å². The highest BCUT2D eigenvalue weighted by atomic mass is 32.2. The molecule has 1 heterocycles. The SMILES string of the molecule is COc1ccc(S(=O)(=O)Nc2nnc(-c3ccccc3)s2)cc1. The molecule has 2 aromatic carbocycles. The molecule has 0 unspecified atom stereocenters. The fourth-order valence-corrected chi connectivity index (χ4v) is 3.87. The molecule has 0 fully saturated rings. The first kappa shape index (κ1) is 15.4. The molecule has 3 aromatic rings. The predicted octanol–water partition coefficient (Wildman–Crippen LogP) is 3.01. The summed E-state index contributed by atoms with van der Waals surface area (Å²) < 4.78 is 32.1. The lowest BCUT2D eigenvalue weighted by Crippen LogP contribution is -2.12. The molecule has 23 heavy (non-hydrogen) atoms. The van der Waals surface area contributed by atoms with Gasteiger partial charge in [0.1, 0.15) is 10.8 Å². The molecule has 0 amide bonds. The van der Waals surface area contributed by atoms with Gasteiger partial charge in [-0.2, -0.15) is 0 Å². The van der Waals surface area contributed by atoms with E-state index in [-0.39, 0.29) is 10.0 Å². The average molecular weight is 347 g/mol. The minimum atomic E-state index is -3.70. The van der Waals surface area contributed by atoms with Crippen LogP contribution in [0.1, 0.15) is 0 Å². The highest BCUT2D eigenvalue weighted by Crippen LogP contribution is 2.27. The van der Waals surface area contributed by atoms with Gasteiger partial charge in [-0.3, -0.25) is 4.72 Å². The molecule has 118 valence electrons. The lowest BCUT2D eigenvalue weighted by Gasteiger charge is -2.05. The fraction of sp³-hybridized carbons (Fsp3) is 0.0667. The molecule has 0 spiro atoms. The average Bonchev–Trinajstić information content (AvgIpc) is 3.03. The third-order valence-electron chi connectivity index (χ3n) is 3.04. The number of anilines is 1. The van der Waals surface area contributed by atoms with Gasteiger partial charge in [0.2, 0.25) is 5.13 Å². The van der Waals surface area contributed by atoms with Gasteiger partial charge < -0.3 is 4.74 Å². The molecule has 1 aromatic heterocycles. The largest absolute Gasteiger partial charge is 0.497 e. The number of benzene rings is 2. The van der Waals surface area contributed by atoms with Gasteiger partial charge in [-0.25, -0.2) is 8.42 Å². The van der Waals surface area contributed by atoms with Crippen molar-refractivity contribution in [2.24, 2.45) is 0 Å². The number of methoxy groups -OCH3 is 1. The summed E-state index contributed by atoms with van der Waals surface area (Å²) in [4.78, 5) is 0.134. The van der Waals surface area contributed by atoms with Gasteiger partial charge in [-0.05, 0) is 24.3 Å². The summed E-state index contributed by atoms with van der Waals surface area (Å²) in [6.07, 6.45) is 0. The summed E-state index contributed by atoms with van der Waals surface area (Å²) in [6.45, 7) is 0. The van der Waals surface area contributed by atoms with Crippen LogP contribution in [-0.2, 0) is 10.0 Å². The van der Waals surface area contributed by atoms with Crippen LogP contribution in [0.25, 0.3) is 10.6 Å². The van der Waals surface area contributed by atoms with Crippen LogP contribution in [-0.4, -0.2) is 25.7 Å². The summed E-state index contributed by atoms with van der Waals surface area (Å²) in [7, 11) is -2.18. The van der Waals surface area contributed by atoms with E-state index >= 15 is 0 Å². The van der Waals surface area contributed by atoms with Crippen molar-refractivity contribution in [2.45, 2.75) is 4.90 Å². The van der Waals surface area contributed by atoms with E-state index in [2.05, 4.69) is 14.9 Å². The molecule has 8 heteroatoms. The number of nitrogens with zero attached hydrogens (tertiary/aromatic N) is 2. The van der Waals surface area contributed by atoms with Crippen LogP contribution in [0.4, 0.5) is 5.13 Å². The lowest BCUT2D eigenvalue weighted by molar-refractivity contribution is 0.414. The highest BCUT2D eigenvalue weighted by Gasteiger charge is 2.17. The lowest BCUT2D eigenvalue weighted by atomic mass is 10.2. The number of sulfonamides is 1. The van der Waals surface area contributed by atoms with Gasteiger partial charge in [0.05, 0.1) is 12.0 Å². The quantitative estimate of drug-likeness (QED) is 0.767. The molecule has 0 saturated heterocycles. The van der Waals surface area contributed by atoms with Crippen LogP contribution >= 0.6 is 11.3 Å². The van der Waals surface area contributed by atoms with Gasteiger partial charge in [-0.15, -0.1) is 10.2 Å². The highest BCUT2D eigenvalue weighted by molar-refractivity contribution is 7.93. The first-order chi connectivity index (χ1) is 11.1. The van der Waals surface area contributed by atoms with E-state index in [1.165, 1.54) is 30.6 Å². The van der Waals surface area contributed by atoms with E-state index < -0.39 is 10.0 Å². The summed E-state index contributed by atoms with van der Waals surface area (Å²) in [6, 6.07) is 15.6. The molecule has 0 aliphatic rings. The van der Waals surface area contributed by atoms with E-state index in [9.17, 15) is 8.42 Å². The number of rotatable bonds is 5. The van der Waals surface area contributed by atoms with Crippen molar-refractivity contribution in [2.75, 3.05) is 11.8 Å². The molecule has 0 saturated carbocycles. The first-order valence-corrected chi connectivity index (χ1v) is 8.94. The van der Waals surface area contributed by atoms with E-state index in [4.69, 9.17) is 4.74 Å². The van der Waals surface area contributed by atoms with Crippen LogP contribution in [0.3, 0.4) is 0 Å². The second kappa shape index (κ2) is 6.35. The zero-order valence-electron chi connectivity index (χ0n) is 12.1. The number of hydrogen-bond acceptors (Lipinski definition) is 6. The topological polar surface area (TPSA) is 81.2 Å². The number of nitrogens with one attached hydrogen (secondary N) is 1. The molecular weight excluding hydrogens is 334 g/mol. The Bertz CT molecular complexity index is 891. The first-order valence-electron chi connectivity index (χ1n) is 6.64. The Morgan fingerprint density at radius 1 is 1.00 bits per heavy atom. The Morgan fingerprint density at radius 2 is 1.70 bits per heavy atom. The van der Waals surface area contributed by atoms with Gasteiger partial charge in [-0.1, -0.05) is 41.7 Å². The van der Waals surface area contributed by atoms with E-state index in [1.54, 1.807) is 12.1 Å². The molecule has 0 bridgehead atoms. The maximum atomic E-state index is 12.3. The Hall–Kier alpha value is -2.45. The zero-order chi connectivity index (χ0) is 16.3. The van der Waals surface area contributed by atoms with E-state index in [0.717, 1.165) is 5.56 Å². The van der Waals surface area contributed by atoms with Gasteiger partial charge >= 0.3 is 0 Å². The molecular formula is C15H13N3O3S2. The number of aromatic nitrogens is 2. The van der Waals surface area contributed by atoms with Crippen LogP contribution in [0.2, 0.25) is 0 Å². The van der Waals surface area contributed by atoms with Crippen LogP contribution in [0, 0.1) is 0 Å². The molecule has 3 rings (SSSR count). The standard InChI is InChI=1S/C15H13N3O3S2/c1-21-12-7-9-13(10-8-12)23(19,20)18-15-17-16-14(22-15)11-5-3-2-4-6-11/h2-10H,1H3,(H,17,18). The monoisotopic (exact) mass is 347 g/mol. The van der Waals surface area contributed by atoms with Gasteiger partial charge in [0.25, 0.3) is 10.0 Å². The second-order valence-corrected chi connectivity index (χ2v) is 7.22. The third kappa shape index (κ3) is 3.49. The summed E-state index contributed by atoms with van der Waals surface area (Å²) in [5, 5.41) is 8.78. The van der Waals surface area contributed by atoms with Gasteiger partial charge in [0, 0.05) is 5.56 Å². The summed E-state index contributed by atoms with van der Waals surface area (Å²) in [5.74, 6) is 0.589. The number of hydrogen-bond donors (Lipinski definition) is 1. The molecule has 1 N–H and O–H groups in total. The molecule has 0 aliphatic heterocycles. The Morgan fingerprint density at radius 3 is 2.35 bits per heavy atom. The Kier molecular flexibility index (Phi) is 4.26. The maximum absolute atomic E-state index is 12.3. The van der Waals surface area contributed by atoms with Crippen LogP contribution in [0.5, 0.6) is 5.75 Å². The smallest absolute Gasteiger partial charge is 0.263 e. The molecule has 6 nitrogen and oxygen atoms in total. The predicted molar refractivity (Wildman–Crippen MR) is 89.1 cm³/mol. The molecule has 0 radical (unpaired) electrons. The zero-order valence-corrected chi connectivity index (χ0v) is 13.8. The number of ether oxygens (including phenoxy) is 1. The van der Waals surface area contributed by atoms with Crippen molar-refractivity contribution in [1.82, 2.24) is 10.2 Å². The van der Waals surface area contributed by atoms with Crippen molar-refractivity contribution in [1.29, 1.82) is 0 Å². The summed E-state index contributed by atoms with van der Waals surface area (Å²) >= 11 is 1.18. The molecule has 0 aliphatic carbocycles. The minimum Gasteiger partial charge on any atom is -0.497 e. The Balaban J connectivity index is 1.82. The normalized spacial score (nSPS) is 11.2. The van der Waals surface area contributed by atoms with Crippen LogP contribution < -0.4 is 9.46 Å². The van der Waals surface area contributed by atoms with Crippen LogP contribution in [0.15, 0.2) is 59.5 Å². The van der Waals surface area contributed by atoms with Crippen molar-refractivity contribution in [3.63, 3.8) is 0 Å². The third-order valence-corrected chi connectivity index (χ3v) is 5.41. The van der Waals surface area contributed by atoms with Crippen molar-refractivity contribution in [3.8, 4) is 16.3 Å². The van der Waals surface area contributed by atoms with Crippen molar-refractivity contribution in [3.05, 3.63) is 54.6 Å². The maximum Gasteiger partial charge on any atom is 0.263 e. The van der Waals surface area contributed by atoms with E-state index in [1.807, 2.05) is 30.3 Å². The minimum absolute atomic E-state index is 0.134. The van der Waals surface area contributed by atoms with E-state index in [0.29, 0.717) is 10.8 Å². The van der Waals surface area contributed by atoms with Crippen molar-refractivity contribution < 1.29 is 13.2 Å². The molecule has 0 atom stereocenters.